The van der Waals surface area contributed by atoms with E-state index >= 15 is 0 Å². The van der Waals surface area contributed by atoms with Crippen molar-refractivity contribution in [3.05, 3.63) is 29.8 Å². The van der Waals surface area contributed by atoms with Gasteiger partial charge in [0, 0.05) is 13.2 Å². The van der Waals surface area contributed by atoms with Crippen molar-refractivity contribution in [2.24, 2.45) is 0 Å². The van der Waals surface area contributed by atoms with Gasteiger partial charge in [-0.05, 0) is 88.6 Å². The lowest BCUT2D eigenvalue weighted by atomic mass is 9.58. The molecule has 4 atom stereocenters. The van der Waals surface area contributed by atoms with Crippen LogP contribution >= 0.6 is 0 Å². The lowest BCUT2D eigenvalue weighted by Gasteiger charge is -2.61. The van der Waals surface area contributed by atoms with E-state index in [2.05, 4.69) is 33.9 Å². The number of benzene rings is 1. The zero-order valence-electron chi connectivity index (χ0n) is 23.5. The largest absolute Gasteiger partial charge is 0.411 e. The summed E-state index contributed by atoms with van der Waals surface area (Å²) >= 11 is 0. The molecular weight excluding hydrogens is 508 g/mol. The van der Waals surface area contributed by atoms with Gasteiger partial charge in [0.15, 0.2) is 8.32 Å². The second-order valence-electron chi connectivity index (χ2n) is 12.7. The smallest absolute Gasteiger partial charge is 0.296 e. The van der Waals surface area contributed by atoms with Gasteiger partial charge >= 0.3 is 0 Å². The minimum absolute atomic E-state index is 0.0121. The maximum Gasteiger partial charge on any atom is 0.296 e. The van der Waals surface area contributed by atoms with Crippen molar-refractivity contribution in [2.75, 3.05) is 19.8 Å². The standard InChI is InChI=1S/C28H46O7SSi/c1-22-10-12-23(13-11-22)36(30,31)34-21-8-16-27(29)24(35-37(5,6)25(2,3)4)14-18-26(15-7-19-32-26)28(27)17-9-20-33-28/h10-13,24,29H,7-9,14-21H2,1-6H3/t24-,26-,27-,28+/m1/s1. The number of fused-ring (bicyclic) bond motifs is 1. The van der Waals surface area contributed by atoms with Crippen LogP contribution in [-0.4, -0.2) is 64.6 Å². The van der Waals surface area contributed by atoms with Crippen molar-refractivity contribution >= 4 is 18.4 Å². The quantitative estimate of drug-likeness (QED) is 0.258. The average Bonchev–Trinajstić information content (AvgIpc) is 3.49. The van der Waals surface area contributed by atoms with E-state index in [0.717, 1.165) is 31.2 Å². The second kappa shape index (κ2) is 10.3. The van der Waals surface area contributed by atoms with Gasteiger partial charge in [0.05, 0.1) is 17.6 Å². The predicted octanol–water partition coefficient (Wildman–Crippen LogP) is 5.49. The molecule has 3 aliphatic rings. The molecule has 2 spiro atoms. The highest BCUT2D eigenvalue weighted by Gasteiger charge is 2.71. The summed E-state index contributed by atoms with van der Waals surface area (Å²) in [4.78, 5) is 0.141. The number of ether oxygens (including phenoxy) is 2. The van der Waals surface area contributed by atoms with E-state index in [1.165, 1.54) is 0 Å². The Labute approximate surface area is 224 Å². The molecular formula is C28H46O7SSi. The fourth-order valence-corrected chi connectivity index (χ4v) is 8.67. The molecule has 0 aromatic heterocycles. The van der Waals surface area contributed by atoms with Crippen molar-refractivity contribution in [3.63, 3.8) is 0 Å². The van der Waals surface area contributed by atoms with Crippen LogP contribution in [0.3, 0.4) is 0 Å². The van der Waals surface area contributed by atoms with Gasteiger partial charge in [0.1, 0.15) is 16.8 Å². The summed E-state index contributed by atoms with van der Waals surface area (Å²) in [5.74, 6) is 0. The minimum Gasteiger partial charge on any atom is -0.411 e. The summed E-state index contributed by atoms with van der Waals surface area (Å²) in [6, 6.07) is 6.63. The van der Waals surface area contributed by atoms with Gasteiger partial charge in [-0.3, -0.25) is 4.18 Å². The molecule has 1 aromatic rings. The lowest BCUT2D eigenvalue weighted by Crippen LogP contribution is -2.75. The molecule has 4 rings (SSSR count). The molecule has 0 unspecified atom stereocenters. The third-order valence-electron chi connectivity index (χ3n) is 9.40. The molecule has 2 saturated heterocycles. The molecule has 9 heteroatoms. The number of aryl methyl sites for hydroxylation is 1. The zero-order valence-corrected chi connectivity index (χ0v) is 25.3. The first-order valence-electron chi connectivity index (χ1n) is 13.8. The van der Waals surface area contributed by atoms with Crippen LogP contribution in [0.15, 0.2) is 29.2 Å². The van der Waals surface area contributed by atoms with Gasteiger partial charge in [-0.25, -0.2) is 0 Å². The van der Waals surface area contributed by atoms with Crippen LogP contribution in [0.1, 0.15) is 77.7 Å². The van der Waals surface area contributed by atoms with Crippen LogP contribution in [-0.2, 0) is 28.2 Å². The van der Waals surface area contributed by atoms with E-state index in [1.54, 1.807) is 24.3 Å². The monoisotopic (exact) mass is 554 g/mol. The summed E-state index contributed by atoms with van der Waals surface area (Å²) in [7, 11) is -6.08. The number of hydrogen-bond acceptors (Lipinski definition) is 7. The van der Waals surface area contributed by atoms with Gasteiger partial charge in [-0.2, -0.15) is 8.42 Å². The highest BCUT2D eigenvalue weighted by Crippen LogP contribution is 2.59. The maximum absolute atomic E-state index is 12.7. The average molecular weight is 555 g/mol. The third kappa shape index (κ3) is 5.22. The number of hydrogen-bond donors (Lipinski definition) is 1. The van der Waals surface area contributed by atoms with Gasteiger partial charge in [0.25, 0.3) is 10.1 Å². The second-order valence-corrected chi connectivity index (χ2v) is 19.1. The van der Waals surface area contributed by atoms with E-state index in [9.17, 15) is 13.5 Å². The van der Waals surface area contributed by atoms with Gasteiger partial charge in [-0.1, -0.05) is 38.5 Å². The van der Waals surface area contributed by atoms with Crippen LogP contribution in [0.4, 0.5) is 0 Å². The molecule has 1 aromatic carbocycles. The first kappa shape index (κ1) is 29.2. The molecule has 0 bridgehead atoms. The van der Waals surface area contributed by atoms with Crippen molar-refractivity contribution < 1.29 is 31.6 Å². The van der Waals surface area contributed by atoms with E-state index in [0.29, 0.717) is 38.9 Å². The first-order valence-corrected chi connectivity index (χ1v) is 18.1. The van der Waals surface area contributed by atoms with E-state index in [1.807, 2.05) is 6.92 Å². The maximum atomic E-state index is 12.7. The molecule has 0 amide bonds. The molecule has 2 heterocycles. The Morgan fingerprint density at radius 2 is 1.70 bits per heavy atom. The molecule has 1 N–H and O–H groups in total. The first-order chi connectivity index (χ1) is 17.2. The number of aliphatic hydroxyl groups is 1. The summed E-state index contributed by atoms with van der Waals surface area (Å²) in [6.07, 6.45) is 5.15. The van der Waals surface area contributed by atoms with E-state index in [-0.39, 0.29) is 16.5 Å². The van der Waals surface area contributed by atoms with Crippen molar-refractivity contribution in [3.8, 4) is 0 Å². The highest BCUT2D eigenvalue weighted by molar-refractivity contribution is 7.86. The Bertz CT molecular complexity index is 1040. The normalized spacial score (nSPS) is 33.0. The Hall–Kier alpha value is -0.813. The molecule has 2 aliphatic heterocycles. The Balaban J connectivity index is 1.58. The predicted molar refractivity (Wildman–Crippen MR) is 146 cm³/mol. The molecule has 3 fully saturated rings. The Morgan fingerprint density at radius 3 is 2.27 bits per heavy atom. The Kier molecular flexibility index (Phi) is 8.12. The molecule has 37 heavy (non-hydrogen) atoms. The Morgan fingerprint density at radius 1 is 1.05 bits per heavy atom. The van der Waals surface area contributed by atoms with Crippen LogP contribution < -0.4 is 0 Å². The van der Waals surface area contributed by atoms with Crippen LogP contribution in [0.2, 0.25) is 18.1 Å². The topological polar surface area (TPSA) is 91.3 Å². The van der Waals surface area contributed by atoms with Crippen LogP contribution in [0.25, 0.3) is 0 Å². The van der Waals surface area contributed by atoms with Gasteiger partial charge in [-0.15, -0.1) is 0 Å². The molecule has 1 aliphatic carbocycles. The van der Waals surface area contributed by atoms with Gasteiger partial charge in [0.2, 0.25) is 0 Å². The SMILES string of the molecule is Cc1ccc(S(=O)(=O)OCCC[C@@]2(O)[C@H](O[Si](C)(C)C(C)(C)C)CC[C@]3(CCCO3)[C@@]23CCCO3)cc1. The van der Waals surface area contributed by atoms with Crippen molar-refractivity contribution in [1.29, 1.82) is 0 Å². The fourth-order valence-electron chi connectivity index (χ4n) is 6.35. The molecule has 0 radical (unpaired) electrons. The van der Waals surface area contributed by atoms with Gasteiger partial charge < -0.3 is 19.0 Å². The van der Waals surface area contributed by atoms with Crippen molar-refractivity contribution in [1.82, 2.24) is 0 Å². The molecule has 210 valence electrons. The zero-order chi connectivity index (χ0) is 27.2. The summed E-state index contributed by atoms with van der Waals surface area (Å²) < 4.78 is 50.8. The van der Waals surface area contributed by atoms with Crippen LogP contribution in [0, 0.1) is 6.92 Å². The molecule has 1 saturated carbocycles. The lowest BCUT2D eigenvalue weighted by molar-refractivity contribution is -0.302. The number of rotatable bonds is 8. The summed E-state index contributed by atoms with van der Waals surface area (Å²) in [5, 5.41) is 12.7. The third-order valence-corrected chi connectivity index (χ3v) is 15.2. The van der Waals surface area contributed by atoms with E-state index in [4.69, 9.17) is 18.1 Å². The minimum atomic E-state index is -3.87. The molecule has 7 nitrogen and oxygen atoms in total. The van der Waals surface area contributed by atoms with E-state index < -0.39 is 41.3 Å². The van der Waals surface area contributed by atoms with Crippen LogP contribution in [0.5, 0.6) is 0 Å². The highest BCUT2D eigenvalue weighted by atomic mass is 32.2. The van der Waals surface area contributed by atoms with Crippen molar-refractivity contribution in [2.45, 2.75) is 125 Å². The summed E-state index contributed by atoms with van der Waals surface area (Å²) in [6.45, 7) is 14.2. The fraction of sp³-hybridized carbons (Fsp3) is 0.786. The summed E-state index contributed by atoms with van der Waals surface area (Å²) in [5.41, 5.74) is -1.72.